The molecule has 6 nitrogen and oxygen atoms in total. The number of likely N-dealkylation sites (tertiary alicyclic amines) is 1. The molecule has 28 heavy (non-hydrogen) atoms. The monoisotopic (exact) mass is 421 g/mol. The summed E-state index contributed by atoms with van der Waals surface area (Å²) in [7, 11) is 0.278. The van der Waals surface area contributed by atoms with Crippen LogP contribution in [0.3, 0.4) is 0 Å². The Morgan fingerprint density at radius 1 is 1.14 bits per heavy atom. The van der Waals surface area contributed by atoms with E-state index in [9.17, 15) is 13.2 Å². The van der Waals surface area contributed by atoms with Crippen molar-refractivity contribution in [3.63, 3.8) is 0 Å². The minimum absolute atomic E-state index is 0.0525. The van der Waals surface area contributed by atoms with E-state index in [0.717, 1.165) is 38.0 Å². The van der Waals surface area contributed by atoms with Gasteiger partial charge in [0.2, 0.25) is 0 Å². The molecule has 3 rings (SSSR count). The topological polar surface area (TPSA) is 69.7 Å². The summed E-state index contributed by atoms with van der Waals surface area (Å²) < 4.78 is 26.8. The van der Waals surface area contributed by atoms with Crippen molar-refractivity contribution in [3.05, 3.63) is 47.3 Å². The summed E-state index contributed by atoms with van der Waals surface area (Å²) in [6, 6.07) is 10.6. The van der Waals surface area contributed by atoms with Crippen molar-refractivity contribution in [1.82, 2.24) is 10.2 Å². The number of hydrogen-bond donors (Lipinski definition) is 1. The van der Waals surface area contributed by atoms with Crippen LogP contribution >= 0.6 is 11.3 Å². The molecule has 1 aliphatic rings. The summed E-state index contributed by atoms with van der Waals surface area (Å²) in [5, 5.41) is 3.79. The van der Waals surface area contributed by atoms with E-state index in [2.05, 4.69) is 5.32 Å². The van der Waals surface area contributed by atoms with Gasteiger partial charge in [0.15, 0.2) is 9.84 Å². The molecule has 0 spiro atoms. The molecule has 2 heterocycles. The molecule has 1 aromatic heterocycles. The maximum atomic E-state index is 13.2. The van der Waals surface area contributed by atoms with Gasteiger partial charge in [0.05, 0.1) is 0 Å². The molecule has 0 bridgehead atoms. The lowest BCUT2D eigenvalue weighted by molar-refractivity contribution is 0.186. The Morgan fingerprint density at radius 2 is 1.82 bits per heavy atom. The van der Waals surface area contributed by atoms with Crippen LogP contribution in [-0.2, 0) is 9.84 Å². The number of benzene rings is 1. The number of nitrogens with zero attached hydrogens (tertiary/aromatic N) is 2. The SMILES string of the molecule is CN(C)c1ccc([C@@H](CNC(=O)N2CCCCC2)S(=O)(=O)c2cccs2)cc1. The number of urea groups is 1. The van der Waals surface area contributed by atoms with Crippen LogP contribution in [0.5, 0.6) is 0 Å². The van der Waals surface area contributed by atoms with Crippen LogP contribution in [0.25, 0.3) is 0 Å². The minimum atomic E-state index is -3.60. The fraction of sp³-hybridized carbons (Fsp3) is 0.450. The maximum absolute atomic E-state index is 13.2. The summed E-state index contributed by atoms with van der Waals surface area (Å²) in [5.74, 6) is 0. The van der Waals surface area contributed by atoms with Gasteiger partial charge in [-0.2, -0.15) is 0 Å². The summed E-state index contributed by atoms with van der Waals surface area (Å²) in [4.78, 5) is 16.2. The Hall–Kier alpha value is -2.06. The van der Waals surface area contributed by atoms with Gasteiger partial charge in [-0.3, -0.25) is 0 Å². The molecule has 0 radical (unpaired) electrons. The standard InChI is InChI=1S/C20H27N3O3S2/c1-22(2)17-10-8-16(9-11-17)18(28(25,26)19-7-6-14-27-19)15-21-20(24)23-12-4-3-5-13-23/h6-11,14,18H,3-5,12-13,15H2,1-2H3,(H,21,24)/t18-/m1/s1. The molecule has 0 aliphatic carbocycles. The average Bonchev–Trinajstić information content (AvgIpc) is 3.24. The van der Waals surface area contributed by atoms with Crippen LogP contribution in [0, 0.1) is 0 Å². The molecule has 0 unspecified atom stereocenters. The van der Waals surface area contributed by atoms with Gasteiger partial charge in [-0.1, -0.05) is 18.2 Å². The number of nitrogens with one attached hydrogen (secondary N) is 1. The van der Waals surface area contributed by atoms with Crippen molar-refractivity contribution in [2.24, 2.45) is 0 Å². The number of sulfone groups is 1. The molecular formula is C20H27N3O3S2. The largest absolute Gasteiger partial charge is 0.378 e. The molecule has 1 saturated heterocycles. The van der Waals surface area contributed by atoms with E-state index in [4.69, 9.17) is 0 Å². The predicted octanol–water partition coefficient (Wildman–Crippen LogP) is 3.52. The maximum Gasteiger partial charge on any atom is 0.317 e. The van der Waals surface area contributed by atoms with Crippen molar-refractivity contribution < 1.29 is 13.2 Å². The molecule has 0 saturated carbocycles. The van der Waals surface area contributed by atoms with Crippen molar-refractivity contribution in [2.75, 3.05) is 38.6 Å². The zero-order chi connectivity index (χ0) is 20.1. The molecule has 152 valence electrons. The van der Waals surface area contributed by atoms with E-state index in [-0.39, 0.29) is 12.6 Å². The molecule has 1 fully saturated rings. The zero-order valence-electron chi connectivity index (χ0n) is 16.3. The quantitative estimate of drug-likeness (QED) is 0.775. The van der Waals surface area contributed by atoms with Gasteiger partial charge in [-0.15, -0.1) is 11.3 Å². The Bertz CT molecular complexity index is 872. The van der Waals surface area contributed by atoms with Crippen molar-refractivity contribution in [1.29, 1.82) is 0 Å². The van der Waals surface area contributed by atoms with Gasteiger partial charge in [-0.25, -0.2) is 13.2 Å². The number of carbonyl (C=O) groups is 1. The highest BCUT2D eigenvalue weighted by Crippen LogP contribution is 2.32. The summed E-state index contributed by atoms with van der Waals surface area (Å²) in [6.07, 6.45) is 3.13. The van der Waals surface area contributed by atoms with Gasteiger partial charge in [0.25, 0.3) is 0 Å². The number of piperidine rings is 1. The summed E-state index contributed by atoms with van der Waals surface area (Å²) in [6.45, 7) is 1.51. The first-order chi connectivity index (χ1) is 13.4. The molecule has 8 heteroatoms. The second-order valence-electron chi connectivity index (χ2n) is 7.19. The lowest BCUT2D eigenvalue weighted by Crippen LogP contribution is -2.44. The Balaban J connectivity index is 1.83. The van der Waals surface area contributed by atoms with Gasteiger partial charge in [-0.05, 0) is 48.4 Å². The molecule has 2 amide bonds. The number of thiophene rings is 1. The predicted molar refractivity (Wildman–Crippen MR) is 114 cm³/mol. The van der Waals surface area contributed by atoms with Crippen molar-refractivity contribution >= 4 is 32.9 Å². The molecule has 1 aliphatic heterocycles. The van der Waals surface area contributed by atoms with E-state index in [1.165, 1.54) is 11.3 Å². The van der Waals surface area contributed by atoms with E-state index in [1.807, 2.05) is 43.3 Å². The third-order valence-corrected chi connectivity index (χ3v) is 8.55. The number of carbonyl (C=O) groups excluding carboxylic acids is 1. The highest BCUT2D eigenvalue weighted by molar-refractivity contribution is 7.93. The van der Waals surface area contributed by atoms with Crippen LogP contribution in [0.15, 0.2) is 46.0 Å². The highest BCUT2D eigenvalue weighted by Gasteiger charge is 2.31. The number of anilines is 1. The van der Waals surface area contributed by atoms with Crippen molar-refractivity contribution in [3.8, 4) is 0 Å². The van der Waals surface area contributed by atoms with E-state index >= 15 is 0 Å². The number of hydrogen-bond acceptors (Lipinski definition) is 5. The van der Waals surface area contributed by atoms with Crippen molar-refractivity contribution in [2.45, 2.75) is 28.7 Å². The minimum Gasteiger partial charge on any atom is -0.378 e. The third-order valence-electron chi connectivity index (χ3n) is 5.01. The average molecular weight is 422 g/mol. The normalized spacial score (nSPS) is 15.9. The Labute approximate surface area is 171 Å². The summed E-state index contributed by atoms with van der Waals surface area (Å²) >= 11 is 1.20. The first-order valence-corrected chi connectivity index (χ1v) is 11.9. The van der Waals surface area contributed by atoms with Gasteiger partial charge in [0, 0.05) is 39.4 Å². The van der Waals surface area contributed by atoms with Gasteiger partial charge in [0.1, 0.15) is 9.46 Å². The van der Waals surface area contributed by atoms with E-state index < -0.39 is 15.1 Å². The highest BCUT2D eigenvalue weighted by atomic mass is 32.2. The first-order valence-electron chi connectivity index (χ1n) is 9.47. The second kappa shape index (κ2) is 8.96. The van der Waals surface area contributed by atoms with Gasteiger partial charge >= 0.3 is 6.03 Å². The number of amides is 2. The molecule has 2 aromatic rings. The first kappa shape index (κ1) is 20.7. The molecule has 1 aromatic carbocycles. The zero-order valence-corrected chi connectivity index (χ0v) is 17.9. The Morgan fingerprint density at radius 3 is 2.39 bits per heavy atom. The van der Waals surface area contributed by atoms with Crippen LogP contribution in [0.1, 0.15) is 30.1 Å². The molecule has 1 N–H and O–H groups in total. The third kappa shape index (κ3) is 4.67. The molecular weight excluding hydrogens is 394 g/mol. The van der Waals surface area contributed by atoms with E-state index in [0.29, 0.717) is 9.77 Å². The van der Waals surface area contributed by atoms with E-state index in [1.54, 1.807) is 22.4 Å². The number of rotatable bonds is 6. The lowest BCUT2D eigenvalue weighted by Gasteiger charge is -2.28. The molecule has 1 atom stereocenters. The fourth-order valence-electron chi connectivity index (χ4n) is 3.35. The Kier molecular flexibility index (Phi) is 6.61. The van der Waals surface area contributed by atoms with Crippen LogP contribution in [0.4, 0.5) is 10.5 Å². The van der Waals surface area contributed by atoms with Crippen LogP contribution < -0.4 is 10.2 Å². The fourth-order valence-corrected chi connectivity index (χ4v) is 6.22. The van der Waals surface area contributed by atoms with Crippen LogP contribution in [-0.4, -0.2) is 53.1 Å². The lowest BCUT2D eigenvalue weighted by atomic mass is 10.1. The smallest absolute Gasteiger partial charge is 0.317 e. The second-order valence-corrected chi connectivity index (χ2v) is 10.5. The van der Waals surface area contributed by atoms with Gasteiger partial charge < -0.3 is 15.1 Å². The summed E-state index contributed by atoms with van der Waals surface area (Å²) in [5.41, 5.74) is 1.67. The van der Waals surface area contributed by atoms with Crippen LogP contribution in [0.2, 0.25) is 0 Å².